The molecule has 0 aromatic heterocycles. The molecule has 0 N–H and O–H groups in total. The Bertz CT molecular complexity index is 221. The second-order valence-electron chi connectivity index (χ2n) is 1.94. The smallest absolute Gasteiger partial charge is 0.302 e. The SMILES string of the molecule is CC(=O)OCCCS(=O)(=O)Cl. The van der Waals surface area contributed by atoms with E-state index in [4.69, 9.17) is 10.7 Å². The highest BCUT2D eigenvalue weighted by Gasteiger charge is 2.04. The van der Waals surface area contributed by atoms with Crippen molar-refractivity contribution in [2.24, 2.45) is 0 Å². The molecule has 0 heterocycles. The van der Waals surface area contributed by atoms with Crippen molar-refractivity contribution in [2.45, 2.75) is 13.3 Å². The van der Waals surface area contributed by atoms with Gasteiger partial charge in [-0.15, -0.1) is 0 Å². The van der Waals surface area contributed by atoms with Crippen LogP contribution in [0.2, 0.25) is 0 Å². The van der Waals surface area contributed by atoms with Gasteiger partial charge in [-0.25, -0.2) is 8.42 Å². The van der Waals surface area contributed by atoms with Crippen LogP contribution in [0.3, 0.4) is 0 Å². The second-order valence-corrected chi connectivity index (χ2v) is 4.83. The van der Waals surface area contributed by atoms with E-state index in [-0.39, 0.29) is 18.8 Å². The van der Waals surface area contributed by atoms with E-state index < -0.39 is 15.0 Å². The van der Waals surface area contributed by atoms with Gasteiger partial charge in [0.25, 0.3) is 0 Å². The van der Waals surface area contributed by atoms with Crippen molar-refractivity contribution in [3.8, 4) is 0 Å². The second kappa shape index (κ2) is 4.56. The molecule has 0 aliphatic carbocycles. The Morgan fingerprint density at radius 2 is 2.09 bits per heavy atom. The summed E-state index contributed by atoms with van der Waals surface area (Å²) in [4.78, 5) is 10.2. The van der Waals surface area contributed by atoms with E-state index in [0.29, 0.717) is 0 Å². The molecule has 11 heavy (non-hydrogen) atoms. The van der Waals surface area contributed by atoms with Gasteiger partial charge >= 0.3 is 5.97 Å². The van der Waals surface area contributed by atoms with Crippen molar-refractivity contribution >= 4 is 25.7 Å². The first-order valence-corrected chi connectivity index (χ1v) is 5.45. The minimum Gasteiger partial charge on any atom is -0.466 e. The van der Waals surface area contributed by atoms with E-state index >= 15 is 0 Å². The summed E-state index contributed by atoms with van der Waals surface area (Å²) < 4.78 is 25.1. The van der Waals surface area contributed by atoms with E-state index in [2.05, 4.69) is 4.74 Å². The van der Waals surface area contributed by atoms with Crippen LogP contribution in [-0.2, 0) is 18.6 Å². The predicted molar refractivity (Wildman–Crippen MR) is 40.9 cm³/mol. The van der Waals surface area contributed by atoms with Crippen LogP contribution in [0.25, 0.3) is 0 Å². The molecule has 0 bridgehead atoms. The topological polar surface area (TPSA) is 60.4 Å². The highest BCUT2D eigenvalue weighted by Crippen LogP contribution is 1.98. The summed E-state index contributed by atoms with van der Waals surface area (Å²) in [5, 5.41) is 0. The lowest BCUT2D eigenvalue weighted by molar-refractivity contribution is -0.140. The molecule has 0 radical (unpaired) electrons. The van der Waals surface area contributed by atoms with Crippen LogP contribution < -0.4 is 0 Å². The monoisotopic (exact) mass is 200 g/mol. The third-order valence-electron chi connectivity index (χ3n) is 0.838. The summed E-state index contributed by atoms with van der Waals surface area (Å²) in [6.45, 7) is 1.36. The summed E-state index contributed by atoms with van der Waals surface area (Å²) >= 11 is 0. The van der Waals surface area contributed by atoms with E-state index in [1.165, 1.54) is 6.92 Å². The molecule has 0 unspecified atom stereocenters. The molecule has 66 valence electrons. The summed E-state index contributed by atoms with van der Waals surface area (Å²) in [5.74, 6) is -0.584. The quantitative estimate of drug-likeness (QED) is 0.377. The Hall–Kier alpha value is -0.290. The van der Waals surface area contributed by atoms with Gasteiger partial charge in [0.15, 0.2) is 0 Å². The van der Waals surface area contributed by atoms with Crippen molar-refractivity contribution in [1.82, 2.24) is 0 Å². The fourth-order valence-electron chi connectivity index (χ4n) is 0.447. The molecule has 0 amide bonds. The van der Waals surface area contributed by atoms with Crippen molar-refractivity contribution < 1.29 is 17.9 Å². The predicted octanol–water partition coefficient (Wildman–Crippen LogP) is 0.508. The molecular formula is C5H9ClO4S. The number of hydrogen-bond acceptors (Lipinski definition) is 4. The van der Waals surface area contributed by atoms with Crippen molar-refractivity contribution in [3.05, 3.63) is 0 Å². The number of esters is 1. The number of hydrogen-bond donors (Lipinski definition) is 0. The Balaban J connectivity index is 3.37. The van der Waals surface area contributed by atoms with Gasteiger partial charge in [-0.2, -0.15) is 0 Å². The molecule has 0 aliphatic rings. The largest absolute Gasteiger partial charge is 0.466 e. The average Bonchev–Trinajstić information content (AvgIpc) is 1.78. The van der Waals surface area contributed by atoms with E-state index in [0.717, 1.165) is 0 Å². The van der Waals surface area contributed by atoms with E-state index in [1.54, 1.807) is 0 Å². The van der Waals surface area contributed by atoms with Gasteiger partial charge < -0.3 is 4.74 Å². The Labute approximate surface area is 69.9 Å². The standard InChI is InChI=1S/C5H9ClO4S/c1-5(7)10-3-2-4-11(6,8)9/h2-4H2,1H3. The molecule has 0 saturated carbocycles. The number of halogens is 1. The number of ether oxygens (including phenoxy) is 1. The summed E-state index contributed by atoms with van der Waals surface area (Å²) in [5.41, 5.74) is 0. The lowest BCUT2D eigenvalue weighted by Gasteiger charge is -1.98. The van der Waals surface area contributed by atoms with Gasteiger partial charge in [-0.1, -0.05) is 0 Å². The first-order chi connectivity index (χ1) is 4.92. The van der Waals surface area contributed by atoms with Crippen LogP contribution in [0.4, 0.5) is 0 Å². The Morgan fingerprint density at radius 1 is 1.55 bits per heavy atom. The number of carbonyl (C=O) groups excluding carboxylic acids is 1. The fraction of sp³-hybridized carbons (Fsp3) is 0.800. The van der Waals surface area contributed by atoms with Gasteiger partial charge in [0.2, 0.25) is 9.05 Å². The van der Waals surface area contributed by atoms with Crippen LogP contribution in [-0.4, -0.2) is 26.7 Å². The highest BCUT2D eigenvalue weighted by atomic mass is 35.7. The van der Waals surface area contributed by atoms with Crippen LogP contribution >= 0.6 is 10.7 Å². The molecule has 0 aliphatic heterocycles. The van der Waals surface area contributed by atoms with E-state index in [9.17, 15) is 13.2 Å². The molecule has 0 saturated heterocycles. The third-order valence-corrected chi connectivity index (χ3v) is 2.08. The zero-order chi connectivity index (χ0) is 8.91. The summed E-state index contributed by atoms with van der Waals surface area (Å²) in [7, 11) is 1.44. The van der Waals surface area contributed by atoms with Crippen molar-refractivity contribution in [1.29, 1.82) is 0 Å². The molecule has 0 aromatic rings. The summed E-state index contributed by atoms with van der Waals surface area (Å²) in [6, 6.07) is 0. The molecular weight excluding hydrogens is 192 g/mol. The van der Waals surface area contributed by atoms with Gasteiger partial charge in [0, 0.05) is 17.6 Å². The molecule has 0 fully saturated rings. The Morgan fingerprint density at radius 3 is 2.45 bits per heavy atom. The molecule has 0 atom stereocenters. The third kappa shape index (κ3) is 9.71. The lowest BCUT2D eigenvalue weighted by atomic mass is 10.5. The van der Waals surface area contributed by atoms with Crippen molar-refractivity contribution in [3.63, 3.8) is 0 Å². The molecule has 6 heteroatoms. The van der Waals surface area contributed by atoms with Crippen molar-refractivity contribution in [2.75, 3.05) is 12.4 Å². The van der Waals surface area contributed by atoms with Gasteiger partial charge in [-0.05, 0) is 6.42 Å². The zero-order valence-corrected chi connectivity index (χ0v) is 7.61. The number of rotatable bonds is 4. The molecule has 0 spiro atoms. The maximum atomic E-state index is 10.3. The first kappa shape index (κ1) is 10.7. The van der Waals surface area contributed by atoms with Gasteiger partial charge in [0.1, 0.15) is 0 Å². The molecule has 0 rings (SSSR count). The average molecular weight is 201 g/mol. The lowest BCUT2D eigenvalue weighted by Crippen LogP contribution is -2.05. The maximum Gasteiger partial charge on any atom is 0.302 e. The summed E-state index contributed by atoms with van der Waals surface area (Å²) in [6.07, 6.45) is 0.241. The van der Waals surface area contributed by atoms with Gasteiger partial charge in [0.05, 0.1) is 12.4 Å². The van der Waals surface area contributed by atoms with Crippen LogP contribution in [0, 0.1) is 0 Å². The first-order valence-electron chi connectivity index (χ1n) is 2.97. The minimum absolute atomic E-state index is 0.0985. The van der Waals surface area contributed by atoms with E-state index in [1.807, 2.05) is 0 Å². The number of carbonyl (C=O) groups is 1. The maximum absolute atomic E-state index is 10.3. The molecule has 0 aromatic carbocycles. The van der Waals surface area contributed by atoms with Crippen LogP contribution in [0.1, 0.15) is 13.3 Å². The van der Waals surface area contributed by atoms with Gasteiger partial charge in [-0.3, -0.25) is 4.79 Å². The highest BCUT2D eigenvalue weighted by molar-refractivity contribution is 8.13. The van der Waals surface area contributed by atoms with Crippen LogP contribution in [0.5, 0.6) is 0 Å². The Kier molecular flexibility index (Phi) is 4.44. The van der Waals surface area contributed by atoms with Crippen LogP contribution in [0.15, 0.2) is 0 Å². The zero-order valence-electron chi connectivity index (χ0n) is 6.04. The normalized spacial score (nSPS) is 11.1. The molecule has 4 nitrogen and oxygen atoms in total. The minimum atomic E-state index is -3.44. The fourth-order valence-corrected chi connectivity index (χ4v) is 1.24.